The topological polar surface area (TPSA) is 64.0 Å². The maximum absolute atomic E-state index is 9.59. The van der Waals surface area contributed by atoms with E-state index in [4.69, 9.17) is 14.2 Å². The second-order valence-electron chi connectivity index (χ2n) is 4.86. The summed E-state index contributed by atoms with van der Waals surface area (Å²) in [4.78, 5) is 6.66. The number of morpholine rings is 1. The van der Waals surface area contributed by atoms with Crippen LogP contribution in [-0.2, 0) is 9.47 Å². The molecule has 0 radical (unpaired) electrons. The first-order valence-electron chi connectivity index (χ1n) is 6.80. The molecule has 0 amide bonds. The highest BCUT2D eigenvalue weighted by molar-refractivity contribution is 5.44. The van der Waals surface area contributed by atoms with Crippen molar-refractivity contribution in [3.05, 3.63) is 17.7 Å². The molecule has 0 bridgehead atoms. The van der Waals surface area contributed by atoms with Crippen LogP contribution in [0, 0.1) is 6.92 Å². The minimum Gasteiger partial charge on any atom is -0.475 e. The normalized spacial score (nSPS) is 17.1. The number of aromatic nitrogens is 1. The minimum atomic E-state index is -0.644. The third-order valence-electron chi connectivity index (χ3n) is 3.05. The van der Waals surface area contributed by atoms with Gasteiger partial charge < -0.3 is 24.2 Å². The van der Waals surface area contributed by atoms with Gasteiger partial charge in [-0.05, 0) is 18.6 Å². The molecule has 1 aliphatic rings. The number of aliphatic hydroxyl groups is 1. The van der Waals surface area contributed by atoms with Gasteiger partial charge in [-0.3, -0.25) is 0 Å². The third kappa shape index (κ3) is 4.33. The van der Waals surface area contributed by atoms with E-state index in [1.165, 1.54) is 0 Å². The van der Waals surface area contributed by atoms with Crippen molar-refractivity contribution in [3.63, 3.8) is 0 Å². The Hall–Kier alpha value is -1.37. The number of methoxy groups -OCH3 is 1. The highest BCUT2D eigenvalue weighted by atomic mass is 16.5. The van der Waals surface area contributed by atoms with E-state index in [0.29, 0.717) is 5.88 Å². The molecule has 0 spiro atoms. The van der Waals surface area contributed by atoms with Crippen LogP contribution in [0.1, 0.15) is 5.56 Å². The summed E-state index contributed by atoms with van der Waals surface area (Å²) in [7, 11) is 1.55. The van der Waals surface area contributed by atoms with Gasteiger partial charge >= 0.3 is 0 Å². The van der Waals surface area contributed by atoms with Crippen LogP contribution in [-0.4, -0.2) is 62.8 Å². The van der Waals surface area contributed by atoms with Crippen molar-refractivity contribution in [1.82, 2.24) is 4.98 Å². The van der Waals surface area contributed by atoms with E-state index in [9.17, 15) is 5.11 Å². The van der Waals surface area contributed by atoms with Crippen LogP contribution in [0.5, 0.6) is 5.88 Å². The molecule has 1 fully saturated rings. The fourth-order valence-electron chi connectivity index (χ4n) is 2.07. The van der Waals surface area contributed by atoms with Crippen molar-refractivity contribution in [3.8, 4) is 5.88 Å². The fraction of sp³-hybridized carbons (Fsp3) is 0.643. The van der Waals surface area contributed by atoms with Gasteiger partial charge in [0, 0.05) is 26.3 Å². The number of hydrogen-bond acceptors (Lipinski definition) is 6. The van der Waals surface area contributed by atoms with E-state index in [-0.39, 0.29) is 13.2 Å². The van der Waals surface area contributed by atoms with Crippen molar-refractivity contribution < 1.29 is 19.3 Å². The SMILES string of the molecule is COCC(O)COc1cc(C)cc(N2CCOCC2)n1. The molecule has 1 aromatic heterocycles. The van der Waals surface area contributed by atoms with Gasteiger partial charge in [-0.2, -0.15) is 4.98 Å². The Morgan fingerprint density at radius 1 is 1.35 bits per heavy atom. The summed E-state index contributed by atoms with van der Waals surface area (Å²) in [5.74, 6) is 1.42. The first kappa shape index (κ1) is 15.0. The summed E-state index contributed by atoms with van der Waals surface area (Å²) < 4.78 is 15.7. The number of rotatable bonds is 6. The molecular weight excluding hydrogens is 260 g/mol. The Labute approximate surface area is 119 Å². The van der Waals surface area contributed by atoms with Gasteiger partial charge in [-0.1, -0.05) is 0 Å². The Balaban J connectivity index is 2.00. The number of hydrogen-bond donors (Lipinski definition) is 1. The third-order valence-corrected chi connectivity index (χ3v) is 3.05. The molecule has 112 valence electrons. The molecule has 2 heterocycles. The van der Waals surface area contributed by atoms with Gasteiger partial charge in [0.25, 0.3) is 0 Å². The average molecular weight is 282 g/mol. The van der Waals surface area contributed by atoms with Crippen LogP contribution in [0.4, 0.5) is 5.82 Å². The van der Waals surface area contributed by atoms with E-state index < -0.39 is 6.10 Å². The molecule has 1 aromatic rings. The molecule has 6 heteroatoms. The Morgan fingerprint density at radius 2 is 2.10 bits per heavy atom. The lowest BCUT2D eigenvalue weighted by atomic mass is 10.2. The van der Waals surface area contributed by atoms with Crippen molar-refractivity contribution in [2.45, 2.75) is 13.0 Å². The molecule has 1 unspecified atom stereocenters. The highest BCUT2D eigenvalue weighted by Crippen LogP contribution is 2.20. The van der Waals surface area contributed by atoms with E-state index in [1.807, 2.05) is 19.1 Å². The van der Waals surface area contributed by atoms with E-state index in [2.05, 4.69) is 9.88 Å². The van der Waals surface area contributed by atoms with Crippen molar-refractivity contribution in [2.24, 2.45) is 0 Å². The molecule has 1 N–H and O–H groups in total. The molecular formula is C14H22N2O4. The molecule has 0 aromatic carbocycles. The molecule has 0 saturated carbocycles. The van der Waals surface area contributed by atoms with Crippen molar-refractivity contribution in [1.29, 1.82) is 0 Å². The number of pyridine rings is 1. The summed E-state index contributed by atoms with van der Waals surface area (Å²) in [5.41, 5.74) is 1.08. The first-order chi connectivity index (χ1) is 9.69. The second kappa shape index (κ2) is 7.42. The number of aryl methyl sites for hydroxylation is 1. The molecule has 1 saturated heterocycles. The molecule has 2 rings (SSSR count). The summed E-state index contributed by atoms with van der Waals surface area (Å²) >= 11 is 0. The number of nitrogens with zero attached hydrogens (tertiary/aromatic N) is 2. The zero-order valence-electron chi connectivity index (χ0n) is 12.0. The zero-order valence-corrected chi connectivity index (χ0v) is 12.0. The lowest BCUT2D eigenvalue weighted by Crippen LogP contribution is -2.36. The number of ether oxygens (including phenoxy) is 3. The number of anilines is 1. The molecule has 0 aliphatic carbocycles. The second-order valence-corrected chi connectivity index (χ2v) is 4.86. The van der Waals surface area contributed by atoms with Crippen molar-refractivity contribution >= 4 is 5.82 Å². The number of aliphatic hydroxyl groups excluding tert-OH is 1. The van der Waals surface area contributed by atoms with Crippen LogP contribution >= 0.6 is 0 Å². The van der Waals surface area contributed by atoms with Crippen LogP contribution < -0.4 is 9.64 Å². The average Bonchev–Trinajstić information content (AvgIpc) is 2.46. The molecule has 1 aliphatic heterocycles. The summed E-state index contributed by atoms with van der Waals surface area (Å²) in [6, 6.07) is 3.90. The molecule has 1 atom stereocenters. The predicted octanol–water partition coefficient (Wildman–Crippen LogP) is 0.613. The predicted molar refractivity (Wildman–Crippen MR) is 75.4 cm³/mol. The highest BCUT2D eigenvalue weighted by Gasteiger charge is 2.14. The minimum absolute atomic E-state index is 0.173. The molecule has 6 nitrogen and oxygen atoms in total. The smallest absolute Gasteiger partial charge is 0.215 e. The lowest BCUT2D eigenvalue weighted by molar-refractivity contribution is 0.0314. The standard InChI is InChI=1S/C14H22N2O4/c1-11-7-13(16-3-5-19-6-4-16)15-14(8-11)20-10-12(17)9-18-2/h7-8,12,17H,3-6,9-10H2,1-2H3. The van der Waals surface area contributed by atoms with Gasteiger partial charge in [0.05, 0.1) is 19.8 Å². The summed E-state index contributed by atoms with van der Waals surface area (Å²) in [6.07, 6.45) is -0.644. The Kier molecular flexibility index (Phi) is 5.58. The zero-order chi connectivity index (χ0) is 14.4. The van der Waals surface area contributed by atoms with Crippen LogP contribution in [0.2, 0.25) is 0 Å². The van der Waals surface area contributed by atoms with Gasteiger partial charge in [0.15, 0.2) is 0 Å². The van der Waals surface area contributed by atoms with Crippen LogP contribution in [0.3, 0.4) is 0 Å². The maximum atomic E-state index is 9.59. The van der Waals surface area contributed by atoms with Gasteiger partial charge in [0.2, 0.25) is 5.88 Å². The van der Waals surface area contributed by atoms with Crippen molar-refractivity contribution in [2.75, 3.05) is 51.5 Å². The lowest BCUT2D eigenvalue weighted by Gasteiger charge is -2.28. The maximum Gasteiger partial charge on any atom is 0.215 e. The Morgan fingerprint density at radius 3 is 2.80 bits per heavy atom. The van der Waals surface area contributed by atoms with E-state index in [1.54, 1.807) is 7.11 Å². The fourth-order valence-corrected chi connectivity index (χ4v) is 2.07. The first-order valence-corrected chi connectivity index (χ1v) is 6.80. The van der Waals surface area contributed by atoms with Gasteiger partial charge in [-0.15, -0.1) is 0 Å². The quantitative estimate of drug-likeness (QED) is 0.825. The summed E-state index contributed by atoms with van der Waals surface area (Å²) in [6.45, 7) is 5.54. The van der Waals surface area contributed by atoms with Gasteiger partial charge in [0.1, 0.15) is 18.5 Å². The van der Waals surface area contributed by atoms with Crippen LogP contribution in [0.15, 0.2) is 12.1 Å². The Bertz CT molecular complexity index is 422. The van der Waals surface area contributed by atoms with Gasteiger partial charge in [-0.25, -0.2) is 0 Å². The van der Waals surface area contributed by atoms with Crippen LogP contribution in [0.25, 0.3) is 0 Å². The monoisotopic (exact) mass is 282 g/mol. The largest absolute Gasteiger partial charge is 0.475 e. The molecule has 20 heavy (non-hydrogen) atoms. The van der Waals surface area contributed by atoms with E-state index in [0.717, 1.165) is 37.7 Å². The summed E-state index contributed by atoms with van der Waals surface area (Å²) in [5, 5.41) is 9.59. The van der Waals surface area contributed by atoms with E-state index >= 15 is 0 Å².